The number of hydrogen-bond acceptors (Lipinski definition) is 7. The van der Waals surface area contributed by atoms with Gasteiger partial charge in [-0.2, -0.15) is 0 Å². The molecule has 0 unspecified atom stereocenters. The molecule has 2 heterocycles. The van der Waals surface area contributed by atoms with E-state index < -0.39 is 4.92 Å². The Kier molecular flexibility index (Phi) is 3.78. The minimum atomic E-state index is -0.431. The van der Waals surface area contributed by atoms with Crippen molar-refractivity contribution in [2.75, 3.05) is 12.4 Å². The summed E-state index contributed by atoms with van der Waals surface area (Å²) < 4.78 is 0.822. The number of aromatic nitrogens is 2. The molecule has 2 aromatic heterocycles. The highest BCUT2D eigenvalue weighted by atomic mass is 32.2. The van der Waals surface area contributed by atoms with Gasteiger partial charge in [0.25, 0.3) is 5.69 Å². The summed E-state index contributed by atoms with van der Waals surface area (Å²) in [4.78, 5) is 18.9. The van der Waals surface area contributed by atoms with Crippen LogP contribution >= 0.6 is 23.1 Å². The fraction of sp³-hybridized carbons (Fsp3) is 0.200. The second kappa shape index (κ2) is 5.32. The Balaban J connectivity index is 2.32. The van der Waals surface area contributed by atoms with Crippen molar-refractivity contribution in [1.29, 1.82) is 0 Å². The summed E-state index contributed by atoms with van der Waals surface area (Å²) in [6.07, 6.45) is 0. The summed E-state index contributed by atoms with van der Waals surface area (Å²) >= 11 is 2.82. The largest absolute Gasteiger partial charge is 0.373 e. The van der Waals surface area contributed by atoms with Gasteiger partial charge in [0.2, 0.25) is 0 Å². The van der Waals surface area contributed by atoms with E-state index in [0.29, 0.717) is 10.8 Å². The van der Waals surface area contributed by atoms with Crippen LogP contribution in [0, 0.1) is 17.0 Å². The third kappa shape index (κ3) is 2.96. The number of nitro groups is 1. The highest BCUT2D eigenvalue weighted by Crippen LogP contribution is 2.32. The molecular weight excluding hydrogens is 272 g/mol. The number of hydrogen-bond donors (Lipinski definition) is 1. The summed E-state index contributed by atoms with van der Waals surface area (Å²) in [6, 6.07) is 2.85. The number of anilines is 1. The van der Waals surface area contributed by atoms with Crippen molar-refractivity contribution in [2.24, 2.45) is 0 Å². The van der Waals surface area contributed by atoms with Crippen LogP contribution < -0.4 is 5.32 Å². The third-order valence-corrected chi connectivity index (χ3v) is 4.02. The van der Waals surface area contributed by atoms with Crippen LogP contribution in [0.1, 0.15) is 5.69 Å². The summed E-state index contributed by atoms with van der Waals surface area (Å²) in [7, 11) is 1.67. The van der Waals surface area contributed by atoms with Crippen LogP contribution in [-0.4, -0.2) is 21.9 Å². The summed E-state index contributed by atoms with van der Waals surface area (Å²) in [5.74, 6) is 0.472. The molecule has 0 saturated heterocycles. The topological polar surface area (TPSA) is 81.0 Å². The molecule has 2 aromatic rings. The molecule has 0 saturated carbocycles. The van der Waals surface area contributed by atoms with Crippen LogP contribution in [0.3, 0.4) is 0 Å². The predicted molar refractivity (Wildman–Crippen MR) is 71.4 cm³/mol. The van der Waals surface area contributed by atoms with Crippen molar-refractivity contribution < 1.29 is 4.92 Å². The van der Waals surface area contributed by atoms with E-state index in [4.69, 9.17) is 0 Å². The van der Waals surface area contributed by atoms with Gasteiger partial charge in [0.05, 0.1) is 11.0 Å². The average molecular weight is 282 g/mol. The van der Waals surface area contributed by atoms with Crippen molar-refractivity contribution >= 4 is 34.6 Å². The molecule has 0 atom stereocenters. The number of pyridine rings is 1. The van der Waals surface area contributed by atoms with Crippen molar-refractivity contribution in [2.45, 2.75) is 16.3 Å². The number of rotatable bonds is 4. The lowest BCUT2D eigenvalue weighted by Crippen LogP contribution is -1.96. The van der Waals surface area contributed by atoms with E-state index in [1.165, 1.54) is 35.2 Å². The highest BCUT2D eigenvalue weighted by molar-refractivity contribution is 8.01. The van der Waals surface area contributed by atoms with Crippen LogP contribution in [0.15, 0.2) is 26.9 Å². The molecule has 94 valence electrons. The first-order valence-corrected chi connectivity index (χ1v) is 6.72. The molecule has 8 heteroatoms. The van der Waals surface area contributed by atoms with E-state index in [1.54, 1.807) is 7.05 Å². The van der Waals surface area contributed by atoms with Gasteiger partial charge in [0.1, 0.15) is 10.8 Å². The SMILES string of the molecule is CNc1cc([N+](=O)[O-])cc(Sc2nc(C)cs2)n1. The van der Waals surface area contributed by atoms with E-state index in [9.17, 15) is 10.1 Å². The minimum absolute atomic E-state index is 0.0186. The van der Waals surface area contributed by atoms with Crippen LogP contribution in [0.5, 0.6) is 0 Å². The molecule has 0 bridgehead atoms. The first-order chi connectivity index (χ1) is 8.58. The van der Waals surface area contributed by atoms with Gasteiger partial charge < -0.3 is 5.32 Å². The smallest absolute Gasteiger partial charge is 0.275 e. The van der Waals surface area contributed by atoms with Gasteiger partial charge in [0, 0.05) is 24.2 Å². The summed E-state index contributed by atoms with van der Waals surface area (Å²) in [5, 5.41) is 16.1. The van der Waals surface area contributed by atoms with Crippen molar-refractivity contribution in [3.05, 3.63) is 33.3 Å². The number of aryl methyl sites for hydroxylation is 1. The van der Waals surface area contributed by atoms with Crippen LogP contribution in [0.25, 0.3) is 0 Å². The maximum absolute atomic E-state index is 10.8. The number of thiazole rings is 1. The van der Waals surface area contributed by atoms with Crippen molar-refractivity contribution in [3.63, 3.8) is 0 Å². The van der Waals surface area contributed by atoms with Crippen LogP contribution in [0.4, 0.5) is 11.5 Å². The van der Waals surface area contributed by atoms with Crippen molar-refractivity contribution in [3.8, 4) is 0 Å². The average Bonchev–Trinajstić information content (AvgIpc) is 2.74. The molecule has 0 fully saturated rings. The molecule has 18 heavy (non-hydrogen) atoms. The molecule has 0 aliphatic rings. The first kappa shape index (κ1) is 12.8. The normalized spacial score (nSPS) is 10.3. The van der Waals surface area contributed by atoms with Gasteiger partial charge in [-0.25, -0.2) is 9.97 Å². The Morgan fingerprint density at radius 2 is 2.22 bits per heavy atom. The first-order valence-electron chi connectivity index (χ1n) is 5.02. The Morgan fingerprint density at radius 3 is 2.78 bits per heavy atom. The van der Waals surface area contributed by atoms with Crippen molar-refractivity contribution in [1.82, 2.24) is 9.97 Å². The second-order valence-electron chi connectivity index (χ2n) is 3.41. The Labute approximate surface area is 112 Å². The van der Waals surface area contributed by atoms with Crippen LogP contribution in [-0.2, 0) is 0 Å². The quantitative estimate of drug-likeness (QED) is 0.686. The van der Waals surface area contributed by atoms with Crippen LogP contribution in [0.2, 0.25) is 0 Å². The number of nitrogens with one attached hydrogen (secondary N) is 1. The molecule has 1 N–H and O–H groups in total. The zero-order valence-corrected chi connectivity index (χ0v) is 11.3. The Morgan fingerprint density at radius 1 is 1.44 bits per heavy atom. The Hall–Kier alpha value is -1.67. The fourth-order valence-electron chi connectivity index (χ4n) is 1.25. The molecule has 2 rings (SSSR count). The predicted octanol–water partition coefficient (Wildman–Crippen LogP) is 2.95. The Bertz CT molecular complexity index is 585. The summed E-state index contributed by atoms with van der Waals surface area (Å²) in [5.41, 5.74) is 0.951. The van der Waals surface area contributed by atoms with E-state index in [0.717, 1.165) is 10.0 Å². The van der Waals surface area contributed by atoms with Gasteiger partial charge in [-0.05, 0) is 18.7 Å². The molecule has 0 aliphatic carbocycles. The van der Waals surface area contributed by atoms with E-state index in [2.05, 4.69) is 15.3 Å². The lowest BCUT2D eigenvalue weighted by atomic mass is 10.4. The third-order valence-electron chi connectivity index (χ3n) is 2.04. The van der Waals surface area contributed by atoms with E-state index in [1.807, 2.05) is 12.3 Å². The molecule has 0 aliphatic heterocycles. The zero-order valence-electron chi connectivity index (χ0n) is 9.71. The maximum atomic E-state index is 10.8. The molecule has 0 amide bonds. The van der Waals surface area contributed by atoms with Gasteiger partial charge >= 0.3 is 0 Å². The van der Waals surface area contributed by atoms with Gasteiger partial charge in [0.15, 0.2) is 4.34 Å². The van der Waals surface area contributed by atoms with E-state index >= 15 is 0 Å². The monoisotopic (exact) mass is 282 g/mol. The maximum Gasteiger partial charge on any atom is 0.275 e. The zero-order chi connectivity index (χ0) is 13.1. The molecule has 0 radical (unpaired) electrons. The fourth-order valence-corrected chi connectivity index (χ4v) is 3.05. The number of nitrogens with zero attached hydrogens (tertiary/aromatic N) is 3. The lowest BCUT2D eigenvalue weighted by Gasteiger charge is -2.02. The lowest BCUT2D eigenvalue weighted by molar-refractivity contribution is -0.385. The second-order valence-corrected chi connectivity index (χ2v) is 5.54. The standard InChI is InChI=1S/C10H10N4O2S2/c1-6-5-17-10(12-6)18-9-4-7(14(15)16)3-8(11-2)13-9/h3-5H,1-2H3,(H,11,13). The molecule has 0 aromatic carbocycles. The van der Waals surface area contributed by atoms with E-state index in [-0.39, 0.29) is 5.69 Å². The molecule has 0 spiro atoms. The van der Waals surface area contributed by atoms with Gasteiger partial charge in [-0.3, -0.25) is 10.1 Å². The molecule has 6 nitrogen and oxygen atoms in total. The van der Waals surface area contributed by atoms with Gasteiger partial charge in [-0.15, -0.1) is 11.3 Å². The summed E-state index contributed by atoms with van der Waals surface area (Å²) in [6.45, 7) is 1.90. The minimum Gasteiger partial charge on any atom is -0.373 e. The highest BCUT2D eigenvalue weighted by Gasteiger charge is 2.12. The van der Waals surface area contributed by atoms with Gasteiger partial charge in [-0.1, -0.05) is 0 Å². The molecular formula is C10H10N4O2S2.